The molecular weight excluding hydrogens is 551 g/mol. The van der Waals surface area contributed by atoms with Crippen molar-refractivity contribution < 1.29 is 38.1 Å². The second-order valence-corrected chi connectivity index (χ2v) is 10.6. The molecule has 1 fully saturated rings. The Balaban J connectivity index is 1.99. The van der Waals surface area contributed by atoms with Gasteiger partial charge in [0.25, 0.3) is 5.56 Å². The molecule has 0 bridgehead atoms. The first-order chi connectivity index (χ1) is 18.8. The van der Waals surface area contributed by atoms with E-state index in [1.165, 1.54) is 19.1 Å². The number of aliphatic hydroxyl groups is 2. The predicted molar refractivity (Wildman–Crippen MR) is 138 cm³/mol. The fourth-order valence-corrected chi connectivity index (χ4v) is 5.18. The van der Waals surface area contributed by atoms with Crippen LogP contribution in [0, 0.1) is 12.3 Å². The molecule has 0 radical (unpaired) electrons. The quantitative estimate of drug-likeness (QED) is 0.0732. The van der Waals surface area contributed by atoms with E-state index in [1.807, 2.05) is 10.9 Å². The van der Waals surface area contributed by atoms with Gasteiger partial charge < -0.3 is 24.2 Å². The summed E-state index contributed by atoms with van der Waals surface area (Å²) >= 11 is 0. The number of nitrogens with one attached hydrogen (secondary N) is 2. The van der Waals surface area contributed by atoms with Gasteiger partial charge in [0, 0.05) is 17.2 Å². The number of aromatic nitrogens is 2. The Bertz CT molecular complexity index is 1480. The van der Waals surface area contributed by atoms with Crippen molar-refractivity contribution >= 4 is 13.7 Å². The smallest absolute Gasteiger partial charge is 0.459 e. The lowest BCUT2D eigenvalue weighted by Gasteiger charge is -2.30. The number of azide groups is 1. The van der Waals surface area contributed by atoms with Crippen LogP contribution >= 0.6 is 7.75 Å². The molecule has 0 saturated carbocycles. The lowest BCUT2D eigenvalue weighted by Crippen LogP contribution is -2.52. The van der Waals surface area contributed by atoms with Gasteiger partial charge in [-0.1, -0.05) is 29.2 Å². The van der Waals surface area contributed by atoms with Crippen molar-refractivity contribution in [3.8, 4) is 18.1 Å². The molecule has 1 aliphatic heterocycles. The summed E-state index contributed by atoms with van der Waals surface area (Å²) in [6, 6.07) is 7.36. The number of nitrogens with zero attached hydrogens (tertiary/aromatic N) is 4. The maximum absolute atomic E-state index is 13.8. The molecule has 0 amide bonds. The Labute approximate surface area is 227 Å². The monoisotopic (exact) mass is 578 g/mol. The number of hydrogen-bond donors (Lipinski definition) is 4. The largest absolute Gasteiger partial charge is 0.462 e. The molecule has 17 heteroatoms. The average Bonchev–Trinajstić information content (AvgIpc) is 3.11. The van der Waals surface area contributed by atoms with Crippen LogP contribution in [0.15, 0.2) is 57.3 Å². The third-order valence-corrected chi connectivity index (χ3v) is 7.18. The van der Waals surface area contributed by atoms with Crippen molar-refractivity contribution in [2.45, 2.75) is 56.6 Å². The van der Waals surface area contributed by atoms with Gasteiger partial charge in [0.05, 0.1) is 12.7 Å². The number of para-hydroxylation sites is 1. The third-order valence-electron chi connectivity index (χ3n) is 5.55. The summed E-state index contributed by atoms with van der Waals surface area (Å²) in [5.41, 5.74) is 2.10. The van der Waals surface area contributed by atoms with Gasteiger partial charge in [-0.05, 0) is 38.4 Å². The van der Waals surface area contributed by atoms with Crippen molar-refractivity contribution in [3.05, 3.63) is 73.9 Å². The maximum Gasteiger partial charge on any atom is 0.459 e. The summed E-state index contributed by atoms with van der Waals surface area (Å²) in [5, 5.41) is 28.0. The van der Waals surface area contributed by atoms with Crippen molar-refractivity contribution in [3.63, 3.8) is 0 Å². The molecular formula is C23H27N6O10P. The SMILES string of the molecule is C#C[C@]1(O)[C@H](n2ccc(=O)[nH]c2=O)O[C@](COP(=O)(NC(C)C(=O)OC(C)C)Oc2ccccc2)(N=[N+]=[N-])[C@H]1O. The maximum atomic E-state index is 13.8. The van der Waals surface area contributed by atoms with E-state index >= 15 is 0 Å². The minimum atomic E-state index is -4.57. The standard InChI is InChI=1S/C23H27N6O10P/c1-5-22(34)19(32)23(27-28-24,38-20(22)29-12-11-17(30)25-21(29)33)13-36-40(35,39-16-9-7-6-8-10-16)26-15(4)18(31)37-14(2)3/h1,6-12,14-15,19-20,32,34H,13H2,2-4H3,(H,26,35)(H,25,30,33)/t15?,19-,20+,22+,23-,40?/m0/s1. The number of carbonyl (C=O) groups is 1. The van der Waals surface area contributed by atoms with Gasteiger partial charge >= 0.3 is 19.4 Å². The van der Waals surface area contributed by atoms with E-state index in [4.69, 9.17) is 24.9 Å². The molecule has 2 heterocycles. The van der Waals surface area contributed by atoms with Gasteiger partial charge in [-0.25, -0.2) is 9.36 Å². The van der Waals surface area contributed by atoms with E-state index < -0.39 is 67.4 Å². The van der Waals surface area contributed by atoms with Crippen LogP contribution in [0.1, 0.15) is 27.0 Å². The lowest BCUT2D eigenvalue weighted by molar-refractivity contribution is -0.149. The molecule has 0 aliphatic carbocycles. The normalized spacial score (nSPS) is 26.2. The highest BCUT2D eigenvalue weighted by Crippen LogP contribution is 2.50. The van der Waals surface area contributed by atoms with Crippen LogP contribution < -0.4 is 20.9 Å². The molecule has 214 valence electrons. The van der Waals surface area contributed by atoms with E-state index in [2.05, 4.69) is 15.1 Å². The number of aliphatic hydroxyl groups excluding tert-OH is 1. The minimum Gasteiger partial charge on any atom is -0.462 e. The third kappa shape index (κ3) is 6.44. The molecule has 16 nitrogen and oxygen atoms in total. The molecule has 1 aliphatic rings. The van der Waals surface area contributed by atoms with Gasteiger partial charge in [0.15, 0.2) is 11.8 Å². The number of hydrogen-bond acceptors (Lipinski definition) is 11. The van der Waals surface area contributed by atoms with Crippen LogP contribution in [0.2, 0.25) is 0 Å². The summed E-state index contributed by atoms with van der Waals surface area (Å²) in [6.07, 6.45) is 1.73. The summed E-state index contributed by atoms with van der Waals surface area (Å²) in [5.74, 6) is 1.16. The zero-order chi connectivity index (χ0) is 29.7. The number of esters is 1. The fraction of sp³-hybridized carbons (Fsp3) is 0.435. The number of rotatable bonds is 11. The molecule has 2 unspecified atom stereocenters. The zero-order valence-corrected chi connectivity index (χ0v) is 22.4. The van der Waals surface area contributed by atoms with Crippen molar-refractivity contribution in [2.24, 2.45) is 5.11 Å². The number of H-pyrrole nitrogens is 1. The van der Waals surface area contributed by atoms with Gasteiger partial charge in [0.2, 0.25) is 5.72 Å². The molecule has 1 aromatic carbocycles. The Hall–Kier alpha value is -3.93. The van der Waals surface area contributed by atoms with Crippen molar-refractivity contribution in [1.29, 1.82) is 0 Å². The van der Waals surface area contributed by atoms with Crippen molar-refractivity contribution in [1.82, 2.24) is 14.6 Å². The Morgan fingerprint density at radius 2 is 2.02 bits per heavy atom. The van der Waals surface area contributed by atoms with E-state index in [0.29, 0.717) is 4.57 Å². The number of terminal acetylenes is 1. The van der Waals surface area contributed by atoms with Gasteiger partial charge in [-0.2, -0.15) is 5.09 Å². The number of aromatic amines is 1. The molecule has 3 rings (SSSR count). The second kappa shape index (κ2) is 12.1. The molecule has 2 aromatic rings. The fourth-order valence-electron chi connectivity index (χ4n) is 3.67. The van der Waals surface area contributed by atoms with E-state index in [-0.39, 0.29) is 5.75 Å². The lowest BCUT2D eigenvalue weighted by atomic mass is 9.92. The van der Waals surface area contributed by atoms with Crippen LogP contribution in [-0.4, -0.2) is 61.9 Å². The highest BCUT2D eigenvalue weighted by molar-refractivity contribution is 7.52. The van der Waals surface area contributed by atoms with Gasteiger partial charge in [-0.3, -0.25) is 23.7 Å². The first-order valence-electron chi connectivity index (χ1n) is 11.7. The Morgan fingerprint density at radius 1 is 1.35 bits per heavy atom. The Morgan fingerprint density at radius 3 is 2.60 bits per heavy atom. The van der Waals surface area contributed by atoms with E-state index in [9.17, 15) is 34.7 Å². The number of ether oxygens (including phenoxy) is 2. The highest BCUT2D eigenvalue weighted by Gasteiger charge is 2.64. The van der Waals surface area contributed by atoms with E-state index in [0.717, 1.165) is 12.3 Å². The minimum absolute atomic E-state index is 0.0475. The zero-order valence-electron chi connectivity index (χ0n) is 21.5. The van der Waals surface area contributed by atoms with Crippen molar-refractivity contribution in [2.75, 3.05) is 6.61 Å². The molecule has 1 saturated heterocycles. The topological polar surface area (TPSA) is 227 Å². The number of benzene rings is 1. The first kappa shape index (κ1) is 30.6. The Kier molecular flexibility index (Phi) is 9.24. The first-order valence-corrected chi connectivity index (χ1v) is 13.2. The average molecular weight is 578 g/mol. The predicted octanol–water partition coefficient (Wildman–Crippen LogP) is 0.931. The molecule has 40 heavy (non-hydrogen) atoms. The van der Waals surface area contributed by atoms with Crippen LogP contribution in [-0.2, 0) is 23.4 Å². The molecule has 4 N–H and O–H groups in total. The van der Waals surface area contributed by atoms with Crippen LogP contribution in [0.3, 0.4) is 0 Å². The summed E-state index contributed by atoms with van der Waals surface area (Å²) < 4.78 is 36.2. The highest BCUT2D eigenvalue weighted by atomic mass is 31.2. The van der Waals surface area contributed by atoms with E-state index in [1.54, 1.807) is 32.0 Å². The van der Waals surface area contributed by atoms with Gasteiger partial charge in [0.1, 0.15) is 17.9 Å². The molecule has 6 atom stereocenters. The summed E-state index contributed by atoms with van der Waals surface area (Å²) in [6.45, 7) is 3.48. The van der Waals surface area contributed by atoms with Crippen LogP contribution in [0.4, 0.5) is 0 Å². The molecule has 0 spiro atoms. The van der Waals surface area contributed by atoms with Crippen LogP contribution in [0.25, 0.3) is 10.4 Å². The van der Waals surface area contributed by atoms with Crippen LogP contribution in [0.5, 0.6) is 5.75 Å². The summed E-state index contributed by atoms with van der Waals surface area (Å²) in [4.78, 5) is 40.8. The summed E-state index contributed by atoms with van der Waals surface area (Å²) in [7, 11) is -4.57. The molecule has 1 aromatic heterocycles. The van der Waals surface area contributed by atoms with Gasteiger partial charge in [-0.15, -0.1) is 6.42 Å². The second-order valence-electron chi connectivity index (χ2n) is 8.91. The number of carbonyl (C=O) groups excluding carboxylic acids is 1.